The molecule has 0 saturated heterocycles. The summed E-state index contributed by atoms with van der Waals surface area (Å²) in [7, 11) is 0. The van der Waals surface area contributed by atoms with Crippen LogP contribution in [0.4, 0.5) is 23.1 Å². The number of rotatable bonds is 0. The van der Waals surface area contributed by atoms with Gasteiger partial charge in [0.1, 0.15) is 5.02 Å². The molecule has 0 amide bonds. The summed E-state index contributed by atoms with van der Waals surface area (Å²) in [5, 5.41) is 7.05. The maximum absolute atomic E-state index is 6.27. The van der Waals surface area contributed by atoms with Gasteiger partial charge in [-0.05, 0) is 47.6 Å². The van der Waals surface area contributed by atoms with E-state index in [-0.39, 0.29) is 0 Å². The summed E-state index contributed by atoms with van der Waals surface area (Å²) >= 11 is 8.21. The second-order valence-corrected chi connectivity index (χ2v) is 7.36. The van der Waals surface area contributed by atoms with Crippen LogP contribution in [0.15, 0.2) is 54.7 Å². The summed E-state index contributed by atoms with van der Waals surface area (Å²) in [5.41, 5.74) is 4.53. The molecule has 0 atom stereocenters. The standard InChI is InChI=1S/C19H17ClN4S/c20-17-11-21-19-23-16-6-2-4-14(10-16)12-25-8-7-13-3-1-5-15(9-13)22-18(17)24-19/h1-6,9-11H,7-8,12H2,(H2,21,22,23,24). The molecular formula is C19H17ClN4S. The molecule has 6 heteroatoms. The van der Waals surface area contributed by atoms with Crippen molar-refractivity contribution in [3.05, 3.63) is 70.9 Å². The van der Waals surface area contributed by atoms with Gasteiger partial charge in [-0.1, -0.05) is 35.9 Å². The minimum atomic E-state index is 0.490. The van der Waals surface area contributed by atoms with E-state index in [0.29, 0.717) is 16.8 Å². The zero-order valence-electron chi connectivity index (χ0n) is 13.5. The van der Waals surface area contributed by atoms with Crippen molar-refractivity contribution >= 4 is 46.5 Å². The van der Waals surface area contributed by atoms with Crippen LogP contribution in [0.3, 0.4) is 0 Å². The number of fused-ring (bicyclic) bond motifs is 6. The maximum atomic E-state index is 6.27. The molecule has 4 nitrogen and oxygen atoms in total. The molecule has 0 fully saturated rings. The number of hydrogen-bond donors (Lipinski definition) is 2. The Bertz CT molecular complexity index is 900. The van der Waals surface area contributed by atoms with E-state index in [4.69, 9.17) is 11.6 Å². The molecule has 1 aromatic heterocycles. The number of hydrogen-bond acceptors (Lipinski definition) is 5. The molecule has 0 spiro atoms. The average Bonchev–Trinajstić information content (AvgIpc) is 2.62. The van der Waals surface area contributed by atoms with Gasteiger partial charge in [-0.25, -0.2) is 4.98 Å². The Hall–Kier alpha value is -2.24. The van der Waals surface area contributed by atoms with Crippen molar-refractivity contribution in [3.8, 4) is 0 Å². The van der Waals surface area contributed by atoms with Crippen molar-refractivity contribution < 1.29 is 0 Å². The molecule has 4 rings (SSSR count). The van der Waals surface area contributed by atoms with Gasteiger partial charge in [0.2, 0.25) is 5.95 Å². The molecule has 0 aliphatic carbocycles. The molecule has 2 heterocycles. The van der Waals surface area contributed by atoms with Crippen LogP contribution in [0.5, 0.6) is 0 Å². The fourth-order valence-electron chi connectivity index (χ4n) is 2.70. The number of nitrogens with zero attached hydrogens (tertiary/aromatic N) is 2. The Morgan fingerprint density at radius 1 is 0.960 bits per heavy atom. The highest BCUT2D eigenvalue weighted by atomic mass is 35.5. The first-order valence-electron chi connectivity index (χ1n) is 8.08. The number of nitrogens with one attached hydrogen (secondary N) is 2. The van der Waals surface area contributed by atoms with E-state index in [2.05, 4.69) is 57.0 Å². The number of halogens is 1. The maximum Gasteiger partial charge on any atom is 0.229 e. The molecule has 126 valence electrons. The molecule has 2 aromatic carbocycles. The number of benzene rings is 2. The van der Waals surface area contributed by atoms with Gasteiger partial charge in [0.05, 0.1) is 6.20 Å². The smallest absolute Gasteiger partial charge is 0.229 e. The van der Waals surface area contributed by atoms with E-state index in [1.54, 1.807) is 6.20 Å². The van der Waals surface area contributed by atoms with Gasteiger partial charge in [0.15, 0.2) is 5.82 Å². The monoisotopic (exact) mass is 368 g/mol. The van der Waals surface area contributed by atoms with E-state index >= 15 is 0 Å². The van der Waals surface area contributed by atoms with E-state index in [0.717, 1.165) is 29.3 Å². The van der Waals surface area contributed by atoms with Crippen LogP contribution in [0.1, 0.15) is 11.1 Å². The van der Waals surface area contributed by atoms with E-state index < -0.39 is 0 Å². The van der Waals surface area contributed by atoms with Gasteiger partial charge >= 0.3 is 0 Å². The third kappa shape index (κ3) is 4.06. The fourth-order valence-corrected chi connectivity index (χ4v) is 3.78. The minimum absolute atomic E-state index is 0.490. The number of thioether (sulfide) groups is 1. The predicted octanol–water partition coefficient (Wildman–Crippen LogP) is 5.41. The van der Waals surface area contributed by atoms with Crippen LogP contribution in [0.2, 0.25) is 5.02 Å². The lowest BCUT2D eigenvalue weighted by Crippen LogP contribution is -2.02. The van der Waals surface area contributed by atoms with Crippen molar-refractivity contribution in [3.63, 3.8) is 0 Å². The van der Waals surface area contributed by atoms with Crippen molar-refractivity contribution in [2.75, 3.05) is 16.4 Å². The lowest BCUT2D eigenvalue weighted by atomic mass is 10.1. The molecule has 1 aliphatic rings. The predicted molar refractivity (Wildman–Crippen MR) is 106 cm³/mol. The van der Waals surface area contributed by atoms with E-state index in [9.17, 15) is 0 Å². The Kier molecular flexibility index (Phi) is 4.76. The van der Waals surface area contributed by atoms with Gasteiger partial charge in [-0.2, -0.15) is 16.7 Å². The summed E-state index contributed by atoms with van der Waals surface area (Å²) in [4.78, 5) is 8.80. The second kappa shape index (κ2) is 7.33. The molecule has 3 aromatic rings. The van der Waals surface area contributed by atoms with Crippen LogP contribution in [-0.2, 0) is 12.2 Å². The zero-order chi connectivity index (χ0) is 17.1. The molecule has 6 bridgehead atoms. The summed E-state index contributed by atoms with van der Waals surface area (Å²) in [6, 6.07) is 16.7. The molecule has 0 radical (unpaired) electrons. The van der Waals surface area contributed by atoms with E-state index in [1.807, 2.05) is 23.9 Å². The third-order valence-electron chi connectivity index (χ3n) is 3.92. The van der Waals surface area contributed by atoms with Crippen LogP contribution < -0.4 is 10.6 Å². The van der Waals surface area contributed by atoms with Gasteiger partial charge in [-0.3, -0.25) is 0 Å². The Balaban J connectivity index is 1.73. The summed E-state index contributed by atoms with van der Waals surface area (Å²) in [6.45, 7) is 0. The van der Waals surface area contributed by atoms with Crippen LogP contribution in [0.25, 0.3) is 0 Å². The first kappa shape index (κ1) is 16.2. The highest BCUT2D eigenvalue weighted by Gasteiger charge is 2.08. The van der Waals surface area contributed by atoms with Gasteiger partial charge in [0, 0.05) is 17.1 Å². The topological polar surface area (TPSA) is 49.8 Å². The summed E-state index contributed by atoms with van der Waals surface area (Å²) < 4.78 is 0. The van der Waals surface area contributed by atoms with Crippen molar-refractivity contribution in [2.45, 2.75) is 12.2 Å². The van der Waals surface area contributed by atoms with Crippen molar-refractivity contribution in [1.29, 1.82) is 0 Å². The molecule has 25 heavy (non-hydrogen) atoms. The van der Waals surface area contributed by atoms with Gasteiger partial charge in [-0.15, -0.1) is 0 Å². The quantitative estimate of drug-likeness (QED) is 0.555. The fraction of sp³-hybridized carbons (Fsp3) is 0.158. The number of aromatic nitrogens is 2. The molecular weight excluding hydrogens is 352 g/mol. The average molecular weight is 369 g/mol. The molecule has 2 N–H and O–H groups in total. The lowest BCUT2D eigenvalue weighted by Gasteiger charge is -2.11. The SMILES string of the molecule is Clc1cnc2nc1Nc1cccc(c1)CCSCc1cccc(c1)N2. The first-order valence-corrected chi connectivity index (χ1v) is 9.62. The Morgan fingerprint density at radius 3 is 2.60 bits per heavy atom. The normalized spacial score (nSPS) is 13.8. The largest absolute Gasteiger partial charge is 0.339 e. The highest BCUT2D eigenvalue weighted by Crippen LogP contribution is 2.27. The van der Waals surface area contributed by atoms with Crippen LogP contribution in [-0.4, -0.2) is 15.7 Å². The number of anilines is 4. The second-order valence-electron chi connectivity index (χ2n) is 5.84. The lowest BCUT2D eigenvalue weighted by molar-refractivity contribution is 1.15. The van der Waals surface area contributed by atoms with E-state index in [1.165, 1.54) is 11.1 Å². The van der Waals surface area contributed by atoms with Crippen molar-refractivity contribution in [1.82, 2.24) is 9.97 Å². The molecule has 1 aliphatic heterocycles. The molecule has 0 unspecified atom stereocenters. The Labute approximate surface area is 156 Å². The van der Waals surface area contributed by atoms with Crippen LogP contribution >= 0.6 is 23.4 Å². The van der Waals surface area contributed by atoms with Crippen LogP contribution in [0, 0.1) is 0 Å². The highest BCUT2D eigenvalue weighted by molar-refractivity contribution is 7.98. The summed E-state index contributed by atoms with van der Waals surface area (Å²) in [5.74, 6) is 3.18. The molecule has 0 saturated carbocycles. The Morgan fingerprint density at radius 2 is 1.72 bits per heavy atom. The minimum Gasteiger partial charge on any atom is -0.339 e. The zero-order valence-corrected chi connectivity index (χ0v) is 15.1. The number of aryl methyl sites for hydroxylation is 1. The third-order valence-corrected chi connectivity index (χ3v) is 5.23. The first-order chi connectivity index (χ1) is 12.3. The summed E-state index contributed by atoms with van der Waals surface area (Å²) in [6.07, 6.45) is 2.64. The van der Waals surface area contributed by atoms with Crippen molar-refractivity contribution in [2.24, 2.45) is 0 Å². The van der Waals surface area contributed by atoms with Gasteiger partial charge < -0.3 is 10.6 Å². The van der Waals surface area contributed by atoms with Gasteiger partial charge in [0.25, 0.3) is 0 Å².